The molecule has 2 heterocycles. The Kier molecular flexibility index (Phi) is 7.95. The van der Waals surface area contributed by atoms with E-state index in [2.05, 4.69) is 47.8 Å². The summed E-state index contributed by atoms with van der Waals surface area (Å²) >= 11 is 0. The number of aromatic nitrogens is 3. The Bertz CT molecular complexity index is 1560. The predicted octanol–water partition coefficient (Wildman–Crippen LogP) is 6.59. The molecule has 0 unspecified atom stereocenters. The minimum atomic E-state index is -0.390. The lowest BCUT2D eigenvalue weighted by Gasteiger charge is -2.14. The van der Waals surface area contributed by atoms with E-state index < -0.39 is 0 Å². The first kappa shape index (κ1) is 28.4. The van der Waals surface area contributed by atoms with Crippen molar-refractivity contribution in [1.82, 2.24) is 20.1 Å². The molecule has 4 rings (SSSR count). The zero-order chi connectivity index (χ0) is 29.2. The van der Waals surface area contributed by atoms with Gasteiger partial charge in [-0.15, -0.1) is 0 Å². The molecule has 3 N–H and O–H groups in total. The zero-order valence-electron chi connectivity index (χ0n) is 24.3. The van der Waals surface area contributed by atoms with Crippen LogP contribution in [0.2, 0.25) is 0 Å². The minimum absolute atomic E-state index is 0.196. The summed E-state index contributed by atoms with van der Waals surface area (Å²) in [6.45, 7) is 14.0. The Morgan fingerprint density at radius 2 is 1.57 bits per heavy atom. The number of rotatable bonds is 6. The van der Waals surface area contributed by atoms with Crippen molar-refractivity contribution in [2.75, 3.05) is 17.7 Å². The summed E-state index contributed by atoms with van der Waals surface area (Å²) in [4.78, 5) is 29.3. The number of nitrogens with one attached hydrogen (secondary N) is 3. The second-order valence-electron chi connectivity index (χ2n) is 11.0. The molecule has 0 bridgehead atoms. The van der Waals surface area contributed by atoms with E-state index in [4.69, 9.17) is 9.84 Å². The van der Waals surface area contributed by atoms with E-state index in [0.29, 0.717) is 28.7 Å². The van der Waals surface area contributed by atoms with Crippen LogP contribution in [0.5, 0.6) is 11.5 Å². The Morgan fingerprint density at radius 3 is 2.20 bits per heavy atom. The molecule has 9 heteroatoms. The highest BCUT2D eigenvalue weighted by molar-refractivity contribution is 5.99. The van der Waals surface area contributed by atoms with Crippen molar-refractivity contribution in [2.45, 2.75) is 53.9 Å². The molecule has 0 aliphatic carbocycles. The van der Waals surface area contributed by atoms with E-state index in [1.54, 1.807) is 42.9 Å². The first-order valence-corrected chi connectivity index (χ1v) is 13.1. The van der Waals surface area contributed by atoms with Crippen LogP contribution in [0.15, 0.2) is 54.6 Å². The molecular weight excluding hydrogens is 504 g/mol. The van der Waals surface area contributed by atoms with Crippen molar-refractivity contribution in [3.8, 4) is 17.2 Å². The van der Waals surface area contributed by atoms with Gasteiger partial charge in [0, 0.05) is 42.0 Å². The number of ether oxygens (including phenoxy) is 1. The van der Waals surface area contributed by atoms with Crippen molar-refractivity contribution in [3.63, 3.8) is 0 Å². The maximum absolute atomic E-state index is 13.1. The molecule has 0 spiro atoms. The van der Waals surface area contributed by atoms with E-state index in [-0.39, 0.29) is 23.0 Å². The van der Waals surface area contributed by atoms with E-state index in [9.17, 15) is 9.59 Å². The quantitative estimate of drug-likeness (QED) is 0.255. The standard InChI is InChI=1S/C31H36N6O3/c1-18-11-19(2)13-23(12-18)37-28(17-27(36-37)31(5,6)7)35-30(39)34-22-9-10-26(20(3)14-22)40-24-15-21(4)33-25(16-24)29(38)32-8/h9-17H,1-8H3,(H,32,38)(H2,34,35,39). The van der Waals surface area contributed by atoms with E-state index in [1.165, 1.54) is 0 Å². The van der Waals surface area contributed by atoms with Crippen LogP contribution in [0.25, 0.3) is 5.69 Å². The summed E-state index contributed by atoms with van der Waals surface area (Å²) in [5.74, 6) is 1.39. The Balaban J connectivity index is 1.53. The van der Waals surface area contributed by atoms with Crippen LogP contribution in [0.4, 0.5) is 16.3 Å². The van der Waals surface area contributed by atoms with Gasteiger partial charge >= 0.3 is 6.03 Å². The van der Waals surface area contributed by atoms with Crippen LogP contribution in [-0.4, -0.2) is 33.8 Å². The number of amides is 3. The molecule has 2 aromatic carbocycles. The molecular formula is C31H36N6O3. The molecule has 0 saturated heterocycles. The molecule has 0 atom stereocenters. The maximum atomic E-state index is 13.1. The largest absolute Gasteiger partial charge is 0.457 e. The Hall–Kier alpha value is -4.66. The molecule has 3 amide bonds. The zero-order valence-corrected chi connectivity index (χ0v) is 24.3. The normalized spacial score (nSPS) is 11.2. The Morgan fingerprint density at radius 1 is 0.875 bits per heavy atom. The highest BCUT2D eigenvalue weighted by Gasteiger charge is 2.22. The number of carbonyl (C=O) groups is 2. The van der Waals surface area contributed by atoms with E-state index in [0.717, 1.165) is 28.1 Å². The number of benzene rings is 2. The van der Waals surface area contributed by atoms with Crippen LogP contribution in [-0.2, 0) is 5.41 Å². The molecule has 4 aromatic rings. The van der Waals surface area contributed by atoms with Gasteiger partial charge in [-0.25, -0.2) is 14.5 Å². The summed E-state index contributed by atoms with van der Waals surface area (Å²) in [7, 11) is 1.56. The van der Waals surface area contributed by atoms with Gasteiger partial charge in [-0.2, -0.15) is 5.10 Å². The first-order valence-electron chi connectivity index (χ1n) is 13.1. The molecule has 40 heavy (non-hydrogen) atoms. The number of hydrogen-bond acceptors (Lipinski definition) is 5. The van der Waals surface area contributed by atoms with Crippen LogP contribution in [0.3, 0.4) is 0 Å². The number of anilines is 2. The van der Waals surface area contributed by atoms with Gasteiger partial charge in [0.05, 0.1) is 11.4 Å². The molecule has 0 radical (unpaired) electrons. The maximum Gasteiger partial charge on any atom is 0.324 e. The molecule has 208 valence electrons. The number of pyridine rings is 1. The lowest BCUT2D eigenvalue weighted by atomic mass is 9.92. The number of nitrogens with zero attached hydrogens (tertiary/aromatic N) is 3. The fourth-order valence-corrected chi connectivity index (χ4v) is 4.29. The van der Waals surface area contributed by atoms with Gasteiger partial charge < -0.3 is 15.4 Å². The van der Waals surface area contributed by atoms with E-state index >= 15 is 0 Å². The van der Waals surface area contributed by atoms with Gasteiger partial charge in [-0.1, -0.05) is 26.8 Å². The van der Waals surface area contributed by atoms with Crippen LogP contribution in [0.1, 0.15) is 59.3 Å². The van der Waals surface area contributed by atoms with Gasteiger partial charge in [0.2, 0.25) is 0 Å². The van der Waals surface area contributed by atoms with Crippen molar-refractivity contribution in [1.29, 1.82) is 0 Å². The summed E-state index contributed by atoms with van der Waals surface area (Å²) < 4.78 is 7.81. The second kappa shape index (κ2) is 11.2. The van der Waals surface area contributed by atoms with Crippen LogP contribution < -0.4 is 20.7 Å². The topological polar surface area (TPSA) is 110 Å². The van der Waals surface area contributed by atoms with E-state index in [1.807, 2.05) is 45.0 Å². The fraction of sp³-hybridized carbons (Fsp3) is 0.290. The third-order valence-corrected chi connectivity index (χ3v) is 6.22. The summed E-state index contributed by atoms with van der Waals surface area (Å²) in [6, 6.07) is 16.4. The van der Waals surface area contributed by atoms with Crippen molar-refractivity contribution in [2.24, 2.45) is 0 Å². The highest BCUT2D eigenvalue weighted by Crippen LogP contribution is 2.29. The average Bonchev–Trinajstić information content (AvgIpc) is 3.28. The molecule has 9 nitrogen and oxygen atoms in total. The molecule has 0 aliphatic heterocycles. The van der Waals surface area contributed by atoms with Gasteiger partial charge in [-0.05, 0) is 74.7 Å². The number of hydrogen-bond donors (Lipinski definition) is 3. The SMILES string of the molecule is CNC(=O)c1cc(Oc2ccc(NC(=O)Nc3cc(C(C)(C)C)nn3-c3cc(C)cc(C)c3)cc2C)cc(C)n1. The third-order valence-electron chi connectivity index (χ3n) is 6.22. The van der Waals surface area contributed by atoms with Gasteiger partial charge in [-0.3, -0.25) is 10.1 Å². The van der Waals surface area contributed by atoms with Gasteiger partial charge in [0.25, 0.3) is 5.91 Å². The van der Waals surface area contributed by atoms with Crippen LogP contribution in [0, 0.1) is 27.7 Å². The molecule has 0 fully saturated rings. The number of urea groups is 1. The number of aryl methyl sites for hydroxylation is 4. The third kappa shape index (κ3) is 6.66. The Labute approximate surface area is 235 Å². The van der Waals surface area contributed by atoms with Crippen molar-refractivity contribution >= 4 is 23.4 Å². The minimum Gasteiger partial charge on any atom is -0.457 e. The summed E-state index contributed by atoms with van der Waals surface area (Å²) in [5.41, 5.74) is 6.13. The second-order valence-corrected chi connectivity index (χ2v) is 11.0. The molecule has 0 saturated carbocycles. The predicted molar refractivity (Wildman–Crippen MR) is 158 cm³/mol. The lowest BCUT2D eigenvalue weighted by molar-refractivity contribution is 0.0957. The van der Waals surface area contributed by atoms with Crippen molar-refractivity contribution in [3.05, 3.63) is 88.4 Å². The van der Waals surface area contributed by atoms with Gasteiger partial charge in [0.15, 0.2) is 0 Å². The molecule has 2 aromatic heterocycles. The van der Waals surface area contributed by atoms with Gasteiger partial charge in [0.1, 0.15) is 23.0 Å². The summed E-state index contributed by atoms with van der Waals surface area (Å²) in [5, 5.41) is 13.3. The smallest absolute Gasteiger partial charge is 0.324 e. The average molecular weight is 541 g/mol. The highest BCUT2D eigenvalue weighted by atomic mass is 16.5. The van der Waals surface area contributed by atoms with Crippen molar-refractivity contribution < 1.29 is 14.3 Å². The fourth-order valence-electron chi connectivity index (χ4n) is 4.29. The lowest BCUT2D eigenvalue weighted by Crippen LogP contribution is -2.21. The summed E-state index contributed by atoms with van der Waals surface area (Å²) in [6.07, 6.45) is 0. The molecule has 0 aliphatic rings. The first-order chi connectivity index (χ1) is 18.8. The monoisotopic (exact) mass is 540 g/mol. The number of carbonyl (C=O) groups excluding carboxylic acids is 2. The van der Waals surface area contributed by atoms with Crippen LogP contribution >= 0.6 is 0 Å².